The van der Waals surface area contributed by atoms with Gasteiger partial charge in [-0.3, -0.25) is 19.3 Å². The van der Waals surface area contributed by atoms with Crippen molar-refractivity contribution < 1.29 is 23.9 Å². The second-order valence-corrected chi connectivity index (χ2v) is 7.53. The van der Waals surface area contributed by atoms with Gasteiger partial charge in [0.2, 0.25) is 11.8 Å². The predicted octanol–water partition coefficient (Wildman–Crippen LogP) is 1.72. The van der Waals surface area contributed by atoms with Crippen molar-refractivity contribution in [1.82, 2.24) is 10.2 Å². The Kier molecular flexibility index (Phi) is 6.11. The SMILES string of the molecule is Cc1ccccc1CNC(=O)COC(=O)[C@H](C)N1C(=O)[C@@H]2CCCC[C@H]2C1=O. The summed E-state index contributed by atoms with van der Waals surface area (Å²) >= 11 is 0. The van der Waals surface area contributed by atoms with E-state index in [1.807, 2.05) is 31.2 Å². The predicted molar refractivity (Wildman–Crippen MR) is 101 cm³/mol. The van der Waals surface area contributed by atoms with Crippen LogP contribution < -0.4 is 5.32 Å². The number of ether oxygens (including phenoxy) is 1. The average molecular weight is 386 g/mol. The molecule has 1 aromatic rings. The Labute approximate surface area is 164 Å². The van der Waals surface area contributed by atoms with Crippen molar-refractivity contribution in [3.63, 3.8) is 0 Å². The van der Waals surface area contributed by atoms with E-state index in [0.717, 1.165) is 28.9 Å². The van der Waals surface area contributed by atoms with E-state index in [0.29, 0.717) is 19.4 Å². The Balaban J connectivity index is 1.50. The lowest BCUT2D eigenvalue weighted by atomic mass is 9.81. The third kappa shape index (κ3) is 4.08. The van der Waals surface area contributed by atoms with Crippen molar-refractivity contribution in [2.45, 2.75) is 52.1 Å². The maximum atomic E-state index is 12.5. The minimum absolute atomic E-state index is 0.289. The summed E-state index contributed by atoms with van der Waals surface area (Å²) in [6.45, 7) is 3.31. The molecule has 0 aromatic heterocycles. The standard InChI is InChI=1S/C21H26N2O5/c1-13-7-3-4-8-15(13)11-22-18(24)12-28-21(27)14(2)23-19(25)16-9-5-6-10-17(16)20(23)26/h3-4,7-8,14,16-17H,5-6,9-12H2,1-2H3,(H,22,24)/t14-,16+,17+/m0/s1. The summed E-state index contributed by atoms with van der Waals surface area (Å²) in [6, 6.07) is 6.65. The van der Waals surface area contributed by atoms with Gasteiger partial charge >= 0.3 is 5.97 Å². The topological polar surface area (TPSA) is 92.8 Å². The highest BCUT2D eigenvalue weighted by molar-refractivity contribution is 6.07. The summed E-state index contributed by atoms with van der Waals surface area (Å²) in [7, 11) is 0. The first-order valence-corrected chi connectivity index (χ1v) is 9.75. The summed E-state index contributed by atoms with van der Waals surface area (Å²) in [5.74, 6) is -2.38. The van der Waals surface area contributed by atoms with Crippen LogP contribution in [0.15, 0.2) is 24.3 Å². The number of aryl methyl sites for hydroxylation is 1. The number of likely N-dealkylation sites (tertiary alicyclic amines) is 1. The number of fused-ring (bicyclic) bond motifs is 1. The maximum Gasteiger partial charge on any atom is 0.329 e. The van der Waals surface area contributed by atoms with Crippen LogP contribution in [0, 0.1) is 18.8 Å². The van der Waals surface area contributed by atoms with E-state index >= 15 is 0 Å². The summed E-state index contributed by atoms with van der Waals surface area (Å²) in [5.41, 5.74) is 2.03. The number of carbonyl (C=O) groups excluding carboxylic acids is 4. The van der Waals surface area contributed by atoms with Crippen molar-refractivity contribution in [1.29, 1.82) is 0 Å². The second kappa shape index (κ2) is 8.54. The van der Waals surface area contributed by atoms with Gasteiger partial charge in [-0.15, -0.1) is 0 Å². The molecule has 7 nitrogen and oxygen atoms in total. The molecule has 3 amide bonds. The Morgan fingerprint density at radius 1 is 1.14 bits per heavy atom. The minimum Gasteiger partial charge on any atom is -0.454 e. The van der Waals surface area contributed by atoms with Crippen LogP contribution in [0.1, 0.15) is 43.7 Å². The number of carbonyl (C=O) groups is 4. The van der Waals surface area contributed by atoms with Crippen LogP contribution in [-0.4, -0.2) is 41.2 Å². The molecule has 1 heterocycles. The van der Waals surface area contributed by atoms with Crippen LogP contribution in [0.2, 0.25) is 0 Å². The van der Waals surface area contributed by atoms with E-state index in [4.69, 9.17) is 4.74 Å². The van der Waals surface area contributed by atoms with Gasteiger partial charge in [0.25, 0.3) is 5.91 Å². The van der Waals surface area contributed by atoms with Crippen molar-refractivity contribution in [3.05, 3.63) is 35.4 Å². The quantitative estimate of drug-likeness (QED) is 0.594. The minimum atomic E-state index is -1.02. The van der Waals surface area contributed by atoms with Gasteiger partial charge in [-0.2, -0.15) is 0 Å². The zero-order valence-corrected chi connectivity index (χ0v) is 16.3. The number of imide groups is 1. The lowest BCUT2D eigenvalue weighted by molar-refractivity contribution is -0.159. The van der Waals surface area contributed by atoms with Crippen LogP contribution >= 0.6 is 0 Å². The molecule has 150 valence electrons. The molecule has 3 atom stereocenters. The third-order valence-corrected chi connectivity index (χ3v) is 5.69. The normalized spacial score (nSPS) is 22.6. The first-order chi connectivity index (χ1) is 13.4. The monoisotopic (exact) mass is 386 g/mol. The van der Waals surface area contributed by atoms with E-state index in [2.05, 4.69) is 5.32 Å². The van der Waals surface area contributed by atoms with Gasteiger partial charge < -0.3 is 10.1 Å². The number of hydrogen-bond donors (Lipinski definition) is 1. The van der Waals surface area contributed by atoms with Gasteiger partial charge in [-0.05, 0) is 37.8 Å². The van der Waals surface area contributed by atoms with Crippen LogP contribution in [0.25, 0.3) is 0 Å². The van der Waals surface area contributed by atoms with Crippen molar-refractivity contribution >= 4 is 23.7 Å². The fourth-order valence-corrected chi connectivity index (χ4v) is 3.99. The van der Waals surface area contributed by atoms with E-state index in [-0.39, 0.29) is 23.7 Å². The van der Waals surface area contributed by atoms with Gasteiger partial charge in [0.15, 0.2) is 6.61 Å². The van der Waals surface area contributed by atoms with E-state index in [1.54, 1.807) is 0 Å². The first kappa shape index (κ1) is 20.0. The first-order valence-electron chi connectivity index (χ1n) is 9.75. The molecular formula is C21H26N2O5. The number of amides is 3. The molecule has 1 saturated carbocycles. The maximum absolute atomic E-state index is 12.5. The molecule has 0 spiro atoms. The molecular weight excluding hydrogens is 360 g/mol. The van der Waals surface area contributed by atoms with Crippen LogP contribution in [0.5, 0.6) is 0 Å². The highest BCUT2D eigenvalue weighted by Gasteiger charge is 2.51. The van der Waals surface area contributed by atoms with Gasteiger partial charge in [0.1, 0.15) is 6.04 Å². The molecule has 0 radical (unpaired) electrons. The highest BCUT2D eigenvalue weighted by atomic mass is 16.5. The Hall–Kier alpha value is -2.70. The molecule has 2 aliphatic rings. The largest absolute Gasteiger partial charge is 0.454 e. The Morgan fingerprint density at radius 2 is 1.75 bits per heavy atom. The van der Waals surface area contributed by atoms with Crippen LogP contribution in [-0.2, 0) is 30.5 Å². The number of esters is 1. The summed E-state index contributed by atoms with van der Waals surface area (Å²) in [4.78, 5) is 50.4. The molecule has 1 aromatic carbocycles. The average Bonchev–Trinajstić information content (AvgIpc) is 2.95. The molecule has 2 fully saturated rings. The van der Waals surface area contributed by atoms with Gasteiger partial charge in [0.05, 0.1) is 11.8 Å². The van der Waals surface area contributed by atoms with Crippen LogP contribution in [0.3, 0.4) is 0 Å². The number of nitrogens with one attached hydrogen (secondary N) is 1. The fraction of sp³-hybridized carbons (Fsp3) is 0.524. The Morgan fingerprint density at radius 3 is 2.36 bits per heavy atom. The zero-order chi connectivity index (χ0) is 20.3. The molecule has 28 heavy (non-hydrogen) atoms. The van der Waals surface area contributed by atoms with Crippen molar-refractivity contribution in [3.8, 4) is 0 Å². The smallest absolute Gasteiger partial charge is 0.329 e. The van der Waals surface area contributed by atoms with E-state index in [9.17, 15) is 19.2 Å². The lowest BCUT2D eigenvalue weighted by Gasteiger charge is -2.21. The number of rotatable bonds is 6. The molecule has 0 unspecified atom stereocenters. The van der Waals surface area contributed by atoms with E-state index in [1.165, 1.54) is 6.92 Å². The van der Waals surface area contributed by atoms with Crippen molar-refractivity contribution in [2.75, 3.05) is 6.61 Å². The highest BCUT2D eigenvalue weighted by Crippen LogP contribution is 2.38. The fourth-order valence-electron chi connectivity index (χ4n) is 3.99. The Bertz CT molecular complexity index is 767. The molecule has 3 rings (SSSR count). The van der Waals surface area contributed by atoms with Crippen LogP contribution in [0.4, 0.5) is 0 Å². The molecule has 1 saturated heterocycles. The van der Waals surface area contributed by atoms with Gasteiger partial charge in [-0.1, -0.05) is 37.1 Å². The van der Waals surface area contributed by atoms with Crippen molar-refractivity contribution in [2.24, 2.45) is 11.8 Å². The third-order valence-electron chi connectivity index (χ3n) is 5.69. The lowest BCUT2D eigenvalue weighted by Crippen LogP contribution is -2.45. The van der Waals surface area contributed by atoms with Gasteiger partial charge in [0, 0.05) is 6.54 Å². The summed E-state index contributed by atoms with van der Waals surface area (Å²) in [5, 5.41) is 2.70. The molecule has 1 N–H and O–H groups in total. The number of nitrogens with zero attached hydrogens (tertiary/aromatic N) is 1. The zero-order valence-electron chi connectivity index (χ0n) is 16.3. The molecule has 1 aliphatic heterocycles. The second-order valence-electron chi connectivity index (χ2n) is 7.53. The molecule has 1 aliphatic carbocycles. The van der Waals surface area contributed by atoms with Gasteiger partial charge in [-0.25, -0.2) is 4.79 Å². The number of hydrogen-bond acceptors (Lipinski definition) is 5. The molecule has 0 bridgehead atoms. The summed E-state index contributed by atoms with van der Waals surface area (Å²) in [6.07, 6.45) is 3.23. The number of benzene rings is 1. The summed E-state index contributed by atoms with van der Waals surface area (Å²) < 4.78 is 5.05. The van der Waals surface area contributed by atoms with E-state index < -0.39 is 24.5 Å². The molecule has 7 heteroatoms.